The molecule has 2 aromatic rings. The van der Waals surface area contributed by atoms with E-state index in [9.17, 15) is 44.8 Å². The molecule has 8 aliphatic carbocycles. The smallest absolute Gasteiger partial charge is 0.311 e. The van der Waals surface area contributed by atoms with Gasteiger partial charge in [-0.2, -0.15) is 0 Å². The Balaban J connectivity index is 0.000000181. The summed E-state index contributed by atoms with van der Waals surface area (Å²) in [5.74, 6) is -3.50. The Labute approximate surface area is 358 Å². The summed E-state index contributed by atoms with van der Waals surface area (Å²) in [6.07, 6.45) is 9.69. The molecular formula is C42H48Cl2F2O12S2. The lowest BCUT2D eigenvalue weighted by Gasteiger charge is -2.58. The van der Waals surface area contributed by atoms with E-state index in [1.54, 1.807) is 0 Å². The molecule has 2 aromatic carbocycles. The van der Waals surface area contributed by atoms with Crippen LogP contribution in [-0.4, -0.2) is 90.8 Å². The molecule has 8 fully saturated rings. The molecule has 0 amide bonds. The van der Waals surface area contributed by atoms with Gasteiger partial charge in [-0.25, -0.2) is 25.6 Å². The lowest BCUT2D eigenvalue weighted by Crippen LogP contribution is -2.58. The van der Waals surface area contributed by atoms with Gasteiger partial charge >= 0.3 is 11.9 Å². The summed E-state index contributed by atoms with van der Waals surface area (Å²) in [5.41, 5.74) is -1.62. The lowest BCUT2D eigenvalue weighted by atomic mass is 9.48. The van der Waals surface area contributed by atoms with Crippen LogP contribution in [0.2, 0.25) is 10.0 Å². The molecule has 328 valence electrons. The number of rotatable bonds is 12. The number of carbonyl (C=O) groups is 4. The number of hydrogen-bond donors (Lipinski definition) is 0. The first-order valence-electron chi connectivity index (χ1n) is 19.9. The van der Waals surface area contributed by atoms with E-state index >= 15 is 0 Å². The summed E-state index contributed by atoms with van der Waals surface area (Å²) in [4.78, 5) is 49.0. The maximum Gasteiger partial charge on any atom is 0.311 e. The first kappa shape index (κ1) is 44.7. The zero-order chi connectivity index (χ0) is 43.7. The van der Waals surface area contributed by atoms with E-state index in [-0.39, 0.29) is 80.5 Å². The summed E-state index contributed by atoms with van der Waals surface area (Å²) in [7, 11) is -4.34. The van der Waals surface area contributed by atoms with Crippen LogP contribution in [0.25, 0.3) is 0 Å². The average Bonchev–Trinajstić information content (AvgIpc) is 3.14. The van der Waals surface area contributed by atoms with Crippen LogP contribution in [0.1, 0.15) is 84.9 Å². The first-order chi connectivity index (χ1) is 28.0. The fourth-order valence-electron chi connectivity index (χ4n) is 11.9. The molecule has 18 heteroatoms. The van der Waals surface area contributed by atoms with Gasteiger partial charge in [-0.05, 0) is 112 Å². The highest BCUT2D eigenvalue weighted by atomic mass is 35.5. The second-order valence-corrected chi connectivity index (χ2v) is 23.3. The number of ether oxygens (including phenoxy) is 4. The summed E-state index contributed by atoms with van der Waals surface area (Å²) in [5, 5.41) is 0.120. The minimum Gasteiger partial charge on any atom is -0.488 e. The Hall–Kier alpha value is -3.34. The van der Waals surface area contributed by atoms with Crippen molar-refractivity contribution in [3.63, 3.8) is 0 Å². The summed E-state index contributed by atoms with van der Waals surface area (Å²) in [6, 6.07) is 4.37. The Morgan fingerprint density at radius 2 is 0.917 bits per heavy atom. The second kappa shape index (κ2) is 16.4. The van der Waals surface area contributed by atoms with Crippen LogP contribution < -0.4 is 9.47 Å². The number of ketones is 2. The van der Waals surface area contributed by atoms with Gasteiger partial charge in [0.2, 0.25) is 0 Å². The molecule has 0 N–H and O–H groups in total. The van der Waals surface area contributed by atoms with Gasteiger partial charge in [-0.1, -0.05) is 23.2 Å². The highest BCUT2D eigenvalue weighted by Crippen LogP contribution is 2.62. The topological polar surface area (TPSA) is 173 Å². The predicted molar refractivity (Wildman–Crippen MR) is 216 cm³/mol. The molecule has 4 atom stereocenters. The summed E-state index contributed by atoms with van der Waals surface area (Å²) < 4.78 is 96.9. The van der Waals surface area contributed by atoms with Crippen LogP contribution in [0.5, 0.6) is 11.5 Å². The van der Waals surface area contributed by atoms with Crippen molar-refractivity contribution in [2.24, 2.45) is 46.3 Å². The molecular weight excluding hydrogens is 869 g/mol. The normalized spacial score (nSPS) is 32.1. The lowest BCUT2D eigenvalue weighted by molar-refractivity contribution is -0.179. The summed E-state index contributed by atoms with van der Waals surface area (Å²) in [6.45, 7) is 0. The monoisotopic (exact) mass is 916 g/mol. The zero-order valence-electron chi connectivity index (χ0n) is 33.6. The predicted octanol–water partition coefficient (Wildman–Crippen LogP) is 6.91. The number of carbonyl (C=O) groups excluding carboxylic acids is 4. The van der Waals surface area contributed by atoms with Gasteiger partial charge in [0.15, 0.2) is 31.2 Å². The molecule has 60 heavy (non-hydrogen) atoms. The van der Waals surface area contributed by atoms with Crippen molar-refractivity contribution in [2.45, 2.75) is 76.4 Å². The van der Waals surface area contributed by atoms with E-state index in [0.29, 0.717) is 37.5 Å². The number of benzene rings is 2. The maximum absolute atomic E-state index is 14.6. The highest BCUT2D eigenvalue weighted by molar-refractivity contribution is 7.91. The minimum atomic E-state index is -3.59. The quantitative estimate of drug-likeness (QED) is 0.159. The first-order valence-corrected chi connectivity index (χ1v) is 24.8. The van der Waals surface area contributed by atoms with Crippen molar-refractivity contribution in [3.8, 4) is 11.5 Å². The minimum absolute atomic E-state index is 0.0599. The molecule has 10 rings (SSSR count). The van der Waals surface area contributed by atoms with Crippen LogP contribution in [0.3, 0.4) is 0 Å². The highest BCUT2D eigenvalue weighted by Gasteiger charge is 2.61. The van der Waals surface area contributed by atoms with Gasteiger partial charge in [0.25, 0.3) is 0 Å². The zero-order valence-corrected chi connectivity index (χ0v) is 36.8. The molecule has 0 aromatic heterocycles. The van der Waals surface area contributed by atoms with Crippen LogP contribution in [-0.2, 0) is 38.7 Å². The van der Waals surface area contributed by atoms with Crippen LogP contribution >= 0.6 is 23.2 Å². The molecule has 0 spiro atoms. The van der Waals surface area contributed by atoms with E-state index in [1.165, 1.54) is 14.2 Å². The van der Waals surface area contributed by atoms with Gasteiger partial charge in [0.05, 0.1) is 46.2 Å². The molecule has 8 bridgehead atoms. The molecule has 4 unspecified atom stereocenters. The number of hydrogen-bond acceptors (Lipinski definition) is 12. The van der Waals surface area contributed by atoms with Crippen LogP contribution in [0, 0.1) is 58.0 Å². The third-order valence-electron chi connectivity index (χ3n) is 13.6. The van der Waals surface area contributed by atoms with Crippen LogP contribution in [0.4, 0.5) is 8.78 Å². The summed E-state index contributed by atoms with van der Waals surface area (Å²) >= 11 is 12.5. The number of Topliss-reactive ketones (excluding diaryl/α,β-unsaturated/α-hetero) is 2. The van der Waals surface area contributed by atoms with E-state index < -0.39 is 65.2 Å². The molecule has 0 radical (unpaired) electrons. The molecule has 0 saturated heterocycles. The van der Waals surface area contributed by atoms with Gasteiger partial charge in [-0.15, -0.1) is 0 Å². The van der Waals surface area contributed by atoms with Crippen molar-refractivity contribution in [1.82, 2.24) is 0 Å². The number of halogens is 4. The maximum atomic E-state index is 14.6. The number of methoxy groups -OCH3 is 2. The Bertz CT molecular complexity index is 2140. The third-order valence-corrected chi connectivity index (χ3v) is 15.7. The number of sulfone groups is 2. The van der Waals surface area contributed by atoms with E-state index in [1.807, 2.05) is 0 Å². The Kier molecular flexibility index (Phi) is 12.2. The van der Waals surface area contributed by atoms with Gasteiger partial charge in [-0.3, -0.25) is 19.2 Å². The molecule has 12 nitrogen and oxygen atoms in total. The van der Waals surface area contributed by atoms with Gasteiger partial charge in [0, 0.05) is 24.6 Å². The SMILES string of the molecule is COC(=O)C12CC3CC(C1)C(Oc1cc(F)c(C(=O)CS(C)(=O)=O)cc1Cl)C(C3)C2.COC(=O)C12CC3CC(C1)C(Oc1cc(F)c(C(=O)CS(C)(=O)=O)cc1Cl)C(C3)C2. The number of esters is 2. The fourth-order valence-corrected chi connectivity index (χ4v) is 13.5. The van der Waals surface area contributed by atoms with Crippen molar-refractivity contribution in [1.29, 1.82) is 0 Å². The van der Waals surface area contributed by atoms with Gasteiger partial charge < -0.3 is 18.9 Å². The Morgan fingerprint density at radius 3 is 1.20 bits per heavy atom. The molecule has 8 saturated carbocycles. The largest absolute Gasteiger partial charge is 0.488 e. The third kappa shape index (κ3) is 8.94. The molecule has 8 aliphatic rings. The van der Waals surface area contributed by atoms with E-state index in [0.717, 1.165) is 75.3 Å². The van der Waals surface area contributed by atoms with Gasteiger partial charge in [0.1, 0.15) is 46.8 Å². The van der Waals surface area contributed by atoms with Crippen LogP contribution in [0.15, 0.2) is 24.3 Å². The van der Waals surface area contributed by atoms with Crippen molar-refractivity contribution < 1.29 is 63.7 Å². The molecule has 0 aliphatic heterocycles. The van der Waals surface area contributed by atoms with Crippen molar-refractivity contribution in [3.05, 3.63) is 57.1 Å². The average molecular weight is 918 g/mol. The van der Waals surface area contributed by atoms with E-state index in [2.05, 4.69) is 0 Å². The molecule has 0 heterocycles. The Morgan fingerprint density at radius 1 is 0.600 bits per heavy atom. The second-order valence-electron chi connectivity index (χ2n) is 18.2. The standard InChI is InChI=1S/2C21H24ClFO6S/c2*1-28-20(25)21-7-11-3-12(8-21)19(13(4-11)9-21)29-18-6-16(23)14(5-15(18)22)17(24)10-30(2,26)27/h2*5-6,11-13,19H,3-4,7-10H2,1-2H3. The van der Waals surface area contributed by atoms with Crippen molar-refractivity contribution in [2.75, 3.05) is 38.2 Å². The van der Waals surface area contributed by atoms with E-state index in [4.69, 9.17) is 42.1 Å². The van der Waals surface area contributed by atoms with Crippen molar-refractivity contribution >= 4 is 66.4 Å². The fraction of sp³-hybridized carbons (Fsp3) is 0.619.